The van der Waals surface area contributed by atoms with Gasteiger partial charge in [-0.25, -0.2) is 4.98 Å². The van der Waals surface area contributed by atoms with Crippen LogP contribution in [0.15, 0.2) is 12.3 Å². The van der Waals surface area contributed by atoms with Crippen molar-refractivity contribution in [3.05, 3.63) is 17.8 Å². The van der Waals surface area contributed by atoms with Crippen LogP contribution in [0.3, 0.4) is 0 Å². The zero-order valence-corrected chi connectivity index (χ0v) is 9.20. The SMILES string of the molecule is CCCCN(C)c1ncc(N)cc1C#N. The first-order valence-electron chi connectivity index (χ1n) is 5.05. The molecular weight excluding hydrogens is 188 g/mol. The summed E-state index contributed by atoms with van der Waals surface area (Å²) in [6.07, 6.45) is 3.80. The summed E-state index contributed by atoms with van der Waals surface area (Å²) in [7, 11) is 1.94. The number of nitriles is 1. The van der Waals surface area contributed by atoms with Gasteiger partial charge >= 0.3 is 0 Å². The van der Waals surface area contributed by atoms with Gasteiger partial charge < -0.3 is 10.6 Å². The molecule has 0 saturated carbocycles. The Labute approximate surface area is 90.3 Å². The van der Waals surface area contributed by atoms with Crippen molar-refractivity contribution in [2.24, 2.45) is 0 Å². The predicted octanol–water partition coefficient (Wildman–Crippen LogP) is 1.77. The van der Waals surface area contributed by atoms with Crippen molar-refractivity contribution in [2.75, 3.05) is 24.2 Å². The summed E-state index contributed by atoms with van der Waals surface area (Å²) in [5.41, 5.74) is 6.63. The molecule has 1 rings (SSSR count). The number of anilines is 2. The largest absolute Gasteiger partial charge is 0.397 e. The number of nitrogens with two attached hydrogens (primary N) is 1. The number of hydrogen-bond acceptors (Lipinski definition) is 4. The number of unbranched alkanes of at least 4 members (excludes halogenated alkanes) is 1. The van der Waals surface area contributed by atoms with Gasteiger partial charge in [0.05, 0.1) is 17.4 Å². The Hall–Kier alpha value is -1.76. The zero-order valence-electron chi connectivity index (χ0n) is 9.20. The molecule has 1 aromatic heterocycles. The second-order valence-electron chi connectivity index (χ2n) is 3.53. The van der Waals surface area contributed by atoms with Crippen LogP contribution in [0.5, 0.6) is 0 Å². The fourth-order valence-electron chi connectivity index (χ4n) is 1.36. The summed E-state index contributed by atoms with van der Waals surface area (Å²) in [6.45, 7) is 3.04. The van der Waals surface area contributed by atoms with Gasteiger partial charge in [-0.1, -0.05) is 13.3 Å². The molecule has 0 unspecified atom stereocenters. The summed E-state index contributed by atoms with van der Waals surface area (Å²) < 4.78 is 0. The lowest BCUT2D eigenvalue weighted by Gasteiger charge is -2.18. The molecule has 15 heavy (non-hydrogen) atoms. The predicted molar refractivity (Wildman–Crippen MR) is 61.5 cm³/mol. The highest BCUT2D eigenvalue weighted by molar-refractivity contribution is 5.58. The van der Waals surface area contributed by atoms with Crippen LogP contribution in [-0.4, -0.2) is 18.6 Å². The standard InChI is InChI=1S/C11H16N4/c1-3-4-5-15(2)11-9(7-12)6-10(13)8-14-11/h6,8H,3-5,13H2,1-2H3. The van der Waals surface area contributed by atoms with Crippen molar-refractivity contribution >= 4 is 11.5 Å². The molecule has 4 heteroatoms. The fourth-order valence-corrected chi connectivity index (χ4v) is 1.36. The van der Waals surface area contributed by atoms with Gasteiger partial charge in [-0.3, -0.25) is 0 Å². The Balaban J connectivity index is 2.89. The zero-order chi connectivity index (χ0) is 11.3. The third-order valence-corrected chi connectivity index (χ3v) is 2.22. The van der Waals surface area contributed by atoms with Gasteiger partial charge in [0.25, 0.3) is 0 Å². The molecule has 2 N–H and O–H groups in total. The van der Waals surface area contributed by atoms with Crippen LogP contribution >= 0.6 is 0 Å². The van der Waals surface area contributed by atoms with Gasteiger partial charge in [0.2, 0.25) is 0 Å². The minimum absolute atomic E-state index is 0.527. The molecule has 80 valence electrons. The first kappa shape index (κ1) is 11.3. The van der Waals surface area contributed by atoms with Crippen molar-refractivity contribution < 1.29 is 0 Å². The lowest BCUT2D eigenvalue weighted by molar-refractivity contribution is 0.759. The van der Waals surface area contributed by atoms with Gasteiger partial charge in [-0.05, 0) is 12.5 Å². The average molecular weight is 204 g/mol. The molecule has 4 nitrogen and oxygen atoms in total. The number of pyridine rings is 1. The van der Waals surface area contributed by atoms with E-state index < -0.39 is 0 Å². The molecule has 0 aliphatic rings. The van der Waals surface area contributed by atoms with Crippen molar-refractivity contribution in [1.29, 1.82) is 5.26 Å². The Bertz CT molecular complexity index is 367. The second-order valence-corrected chi connectivity index (χ2v) is 3.53. The molecule has 0 amide bonds. The second kappa shape index (κ2) is 5.20. The molecule has 0 spiro atoms. The van der Waals surface area contributed by atoms with E-state index >= 15 is 0 Å². The molecule has 0 saturated heterocycles. The molecule has 0 aliphatic heterocycles. The lowest BCUT2D eigenvalue weighted by atomic mass is 10.2. The van der Waals surface area contributed by atoms with Crippen molar-refractivity contribution in [3.8, 4) is 6.07 Å². The van der Waals surface area contributed by atoms with Gasteiger partial charge in [-0.15, -0.1) is 0 Å². The van der Waals surface area contributed by atoms with E-state index in [0.717, 1.165) is 19.4 Å². The van der Waals surface area contributed by atoms with E-state index in [1.807, 2.05) is 11.9 Å². The minimum atomic E-state index is 0.527. The molecule has 1 heterocycles. The van der Waals surface area contributed by atoms with Crippen LogP contribution in [0.4, 0.5) is 11.5 Å². The molecule has 0 aliphatic carbocycles. The Kier molecular flexibility index (Phi) is 3.92. The van der Waals surface area contributed by atoms with Gasteiger partial charge in [-0.2, -0.15) is 5.26 Å². The van der Waals surface area contributed by atoms with E-state index in [-0.39, 0.29) is 0 Å². The van der Waals surface area contributed by atoms with Crippen LogP contribution in [0, 0.1) is 11.3 Å². The van der Waals surface area contributed by atoms with Gasteiger partial charge in [0.1, 0.15) is 11.9 Å². The first-order chi connectivity index (χ1) is 7.19. The van der Waals surface area contributed by atoms with Gasteiger partial charge in [0.15, 0.2) is 0 Å². The van der Waals surface area contributed by atoms with Crippen LogP contribution in [0.25, 0.3) is 0 Å². The summed E-state index contributed by atoms with van der Waals surface area (Å²) in [5, 5.41) is 8.94. The molecule has 0 atom stereocenters. The normalized spacial score (nSPS) is 9.67. The molecule has 0 aromatic carbocycles. The van der Waals surface area contributed by atoms with Crippen molar-refractivity contribution in [2.45, 2.75) is 19.8 Å². The highest BCUT2D eigenvalue weighted by Gasteiger charge is 2.08. The van der Waals surface area contributed by atoms with E-state index in [1.165, 1.54) is 0 Å². The fraction of sp³-hybridized carbons (Fsp3) is 0.455. The van der Waals surface area contributed by atoms with Crippen LogP contribution in [0.2, 0.25) is 0 Å². The topological polar surface area (TPSA) is 65.9 Å². The monoisotopic (exact) mass is 204 g/mol. The van der Waals surface area contributed by atoms with Crippen LogP contribution in [-0.2, 0) is 0 Å². The molecule has 0 bridgehead atoms. The summed E-state index contributed by atoms with van der Waals surface area (Å²) in [4.78, 5) is 6.17. The maximum absolute atomic E-state index is 8.94. The highest BCUT2D eigenvalue weighted by atomic mass is 15.2. The number of nitrogens with zero attached hydrogens (tertiary/aromatic N) is 3. The Morgan fingerprint density at radius 2 is 2.33 bits per heavy atom. The summed E-state index contributed by atoms with van der Waals surface area (Å²) in [5.74, 6) is 0.708. The number of rotatable bonds is 4. The van der Waals surface area contributed by atoms with E-state index in [0.29, 0.717) is 17.1 Å². The van der Waals surface area contributed by atoms with Crippen LogP contribution in [0.1, 0.15) is 25.3 Å². The van der Waals surface area contributed by atoms with E-state index in [4.69, 9.17) is 11.0 Å². The average Bonchev–Trinajstić information content (AvgIpc) is 2.25. The summed E-state index contributed by atoms with van der Waals surface area (Å²) in [6, 6.07) is 3.77. The Morgan fingerprint density at radius 3 is 2.93 bits per heavy atom. The maximum atomic E-state index is 8.94. The first-order valence-corrected chi connectivity index (χ1v) is 5.05. The maximum Gasteiger partial charge on any atom is 0.146 e. The Morgan fingerprint density at radius 1 is 1.60 bits per heavy atom. The third kappa shape index (κ3) is 2.84. The highest BCUT2D eigenvalue weighted by Crippen LogP contribution is 2.18. The minimum Gasteiger partial charge on any atom is -0.397 e. The van der Waals surface area contributed by atoms with Crippen LogP contribution < -0.4 is 10.6 Å². The van der Waals surface area contributed by atoms with Crippen molar-refractivity contribution in [3.63, 3.8) is 0 Å². The summed E-state index contributed by atoms with van der Waals surface area (Å²) >= 11 is 0. The molecule has 0 fully saturated rings. The molecule has 0 radical (unpaired) electrons. The quantitative estimate of drug-likeness (QED) is 0.811. The van der Waals surface area contributed by atoms with E-state index in [1.54, 1.807) is 12.3 Å². The number of nitrogen functional groups attached to an aromatic ring is 1. The van der Waals surface area contributed by atoms with Crippen molar-refractivity contribution in [1.82, 2.24) is 4.98 Å². The number of aromatic nitrogens is 1. The van der Waals surface area contributed by atoms with E-state index in [9.17, 15) is 0 Å². The van der Waals surface area contributed by atoms with E-state index in [2.05, 4.69) is 18.0 Å². The number of hydrogen-bond donors (Lipinski definition) is 1. The smallest absolute Gasteiger partial charge is 0.146 e. The molecule has 1 aromatic rings. The lowest BCUT2D eigenvalue weighted by Crippen LogP contribution is -2.20. The third-order valence-electron chi connectivity index (χ3n) is 2.22. The van der Waals surface area contributed by atoms with Gasteiger partial charge in [0, 0.05) is 13.6 Å². The molecular formula is C11H16N4.